The average Bonchev–Trinajstić information content (AvgIpc) is 2.32. The molecule has 1 amide bonds. The van der Waals surface area contributed by atoms with E-state index in [1.165, 1.54) is 0 Å². The van der Waals surface area contributed by atoms with Crippen molar-refractivity contribution in [1.82, 2.24) is 10.4 Å². The van der Waals surface area contributed by atoms with Gasteiger partial charge in [0.05, 0.1) is 0 Å². The zero-order valence-electron chi connectivity index (χ0n) is 9.91. The van der Waals surface area contributed by atoms with Gasteiger partial charge in [0.15, 0.2) is 0 Å². The predicted octanol–water partition coefficient (Wildman–Crippen LogP) is 0.848. The van der Waals surface area contributed by atoms with Gasteiger partial charge in [0.2, 0.25) is 0 Å². The van der Waals surface area contributed by atoms with Crippen LogP contribution in [0.1, 0.15) is 34.1 Å². The number of hydrogen-bond donors (Lipinski definition) is 2. The molecule has 0 bridgehead atoms. The molecular formula is C10H21N3O2. The van der Waals surface area contributed by atoms with Crippen LogP contribution in [0.5, 0.6) is 0 Å². The van der Waals surface area contributed by atoms with E-state index in [9.17, 15) is 4.79 Å². The molecule has 0 aromatic rings. The van der Waals surface area contributed by atoms with Crippen molar-refractivity contribution in [3.63, 3.8) is 0 Å². The second kappa shape index (κ2) is 4.37. The van der Waals surface area contributed by atoms with Crippen LogP contribution < -0.4 is 11.2 Å². The van der Waals surface area contributed by atoms with Gasteiger partial charge < -0.3 is 10.5 Å². The second-order valence-corrected chi connectivity index (χ2v) is 5.00. The van der Waals surface area contributed by atoms with Crippen LogP contribution in [-0.4, -0.2) is 35.3 Å². The molecule has 1 saturated heterocycles. The summed E-state index contributed by atoms with van der Waals surface area (Å²) in [7, 11) is 0. The molecule has 88 valence electrons. The highest BCUT2D eigenvalue weighted by atomic mass is 16.6. The Bertz CT molecular complexity index is 237. The van der Waals surface area contributed by atoms with E-state index in [-0.39, 0.29) is 12.1 Å². The third-order valence-corrected chi connectivity index (χ3v) is 2.45. The van der Waals surface area contributed by atoms with Gasteiger partial charge in [-0.05, 0) is 34.1 Å². The van der Waals surface area contributed by atoms with Crippen LogP contribution >= 0.6 is 0 Å². The lowest BCUT2D eigenvalue weighted by Crippen LogP contribution is -2.49. The zero-order chi connectivity index (χ0) is 11.6. The van der Waals surface area contributed by atoms with Crippen molar-refractivity contribution in [1.29, 1.82) is 0 Å². The van der Waals surface area contributed by atoms with Gasteiger partial charge in [-0.25, -0.2) is 9.80 Å². The summed E-state index contributed by atoms with van der Waals surface area (Å²) in [5, 5.41) is 1.83. The third kappa shape index (κ3) is 3.68. The molecule has 5 heteroatoms. The van der Waals surface area contributed by atoms with Crippen LogP contribution in [0.25, 0.3) is 0 Å². The van der Waals surface area contributed by atoms with Crippen LogP contribution in [0, 0.1) is 0 Å². The molecule has 5 nitrogen and oxygen atoms in total. The molecule has 0 aliphatic carbocycles. The number of carbonyl (C=O) groups is 1. The summed E-state index contributed by atoms with van der Waals surface area (Å²) in [6.45, 7) is 8.29. The van der Waals surface area contributed by atoms with Crippen LogP contribution in [0.3, 0.4) is 0 Å². The molecule has 0 aromatic carbocycles. The topological polar surface area (TPSA) is 67.6 Å². The number of amides is 1. The van der Waals surface area contributed by atoms with E-state index in [1.54, 1.807) is 0 Å². The van der Waals surface area contributed by atoms with E-state index in [2.05, 4.69) is 5.43 Å². The number of nitrogens with two attached hydrogens (primary N) is 1. The van der Waals surface area contributed by atoms with E-state index in [0.717, 1.165) is 13.0 Å². The molecular weight excluding hydrogens is 194 g/mol. The molecule has 15 heavy (non-hydrogen) atoms. The largest absolute Gasteiger partial charge is 0.443 e. The summed E-state index contributed by atoms with van der Waals surface area (Å²) in [5.41, 5.74) is 8.08. The van der Waals surface area contributed by atoms with E-state index in [4.69, 9.17) is 10.5 Å². The number of hydrogen-bond acceptors (Lipinski definition) is 4. The molecule has 2 unspecified atom stereocenters. The monoisotopic (exact) mass is 215 g/mol. The van der Waals surface area contributed by atoms with E-state index < -0.39 is 11.7 Å². The van der Waals surface area contributed by atoms with Gasteiger partial charge in [-0.1, -0.05) is 0 Å². The first-order chi connectivity index (χ1) is 6.79. The summed E-state index contributed by atoms with van der Waals surface area (Å²) < 4.78 is 5.15. The standard InChI is InChI=1S/C10H21N3O2/c1-7-8(11)5-6-13(7)12-9(14)15-10(2,3)4/h7-8H,5-6,11H2,1-4H3,(H,12,14). The Morgan fingerprint density at radius 3 is 2.53 bits per heavy atom. The Hall–Kier alpha value is -0.810. The number of hydrazine groups is 1. The van der Waals surface area contributed by atoms with Gasteiger partial charge in [-0.15, -0.1) is 0 Å². The predicted molar refractivity (Wildman–Crippen MR) is 58.1 cm³/mol. The average molecular weight is 215 g/mol. The maximum atomic E-state index is 11.5. The third-order valence-electron chi connectivity index (χ3n) is 2.45. The quantitative estimate of drug-likeness (QED) is 0.680. The van der Waals surface area contributed by atoms with Crippen molar-refractivity contribution < 1.29 is 9.53 Å². The molecule has 2 atom stereocenters. The molecule has 0 saturated carbocycles. The van der Waals surface area contributed by atoms with Crippen LogP contribution in [0.2, 0.25) is 0 Å². The van der Waals surface area contributed by atoms with E-state index in [0.29, 0.717) is 0 Å². The lowest BCUT2D eigenvalue weighted by molar-refractivity contribution is 0.0314. The maximum Gasteiger partial charge on any atom is 0.422 e. The Kier molecular flexibility index (Phi) is 3.57. The zero-order valence-corrected chi connectivity index (χ0v) is 9.91. The van der Waals surface area contributed by atoms with Crippen LogP contribution in [0.4, 0.5) is 4.79 Å². The Morgan fingerprint density at radius 2 is 2.13 bits per heavy atom. The first-order valence-electron chi connectivity index (χ1n) is 5.31. The van der Waals surface area contributed by atoms with Crippen molar-refractivity contribution in [3.8, 4) is 0 Å². The number of nitrogens with one attached hydrogen (secondary N) is 1. The lowest BCUT2D eigenvalue weighted by Gasteiger charge is -2.26. The molecule has 0 spiro atoms. The minimum absolute atomic E-state index is 0.125. The van der Waals surface area contributed by atoms with Gasteiger partial charge in [0, 0.05) is 18.6 Å². The molecule has 1 heterocycles. The second-order valence-electron chi connectivity index (χ2n) is 5.00. The maximum absolute atomic E-state index is 11.5. The van der Waals surface area contributed by atoms with Gasteiger partial charge in [-0.2, -0.15) is 0 Å². The molecule has 1 rings (SSSR count). The van der Waals surface area contributed by atoms with Crippen LogP contribution in [-0.2, 0) is 4.74 Å². The summed E-state index contributed by atoms with van der Waals surface area (Å²) >= 11 is 0. The van der Waals surface area contributed by atoms with Gasteiger partial charge in [-0.3, -0.25) is 5.43 Å². The molecule has 1 aliphatic heterocycles. The molecule has 0 aromatic heterocycles. The first kappa shape index (κ1) is 12.3. The molecule has 0 radical (unpaired) electrons. The molecule has 1 fully saturated rings. The van der Waals surface area contributed by atoms with Crippen molar-refractivity contribution in [2.75, 3.05) is 6.54 Å². The SMILES string of the molecule is CC1C(N)CCN1NC(=O)OC(C)(C)C. The smallest absolute Gasteiger partial charge is 0.422 e. The fourth-order valence-electron chi connectivity index (χ4n) is 1.54. The fourth-order valence-corrected chi connectivity index (χ4v) is 1.54. The highest BCUT2D eigenvalue weighted by Crippen LogP contribution is 2.14. The Balaban J connectivity index is 2.39. The summed E-state index contributed by atoms with van der Waals surface area (Å²) in [6, 6.07) is 0.289. The minimum atomic E-state index is -0.463. The highest BCUT2D eigenvalue weighted by molar-refractivity contribution is 5.67. The first-order valence-corrected chi connectivity index (χ1v) is 5.31. The van der Waals surface area contributed by atoms with Crippen molar-refractivity contribution in [2.24, 2.45) is 5.73 Å². The van der Waals surface area contributed by atoms with E-state index in [1.807, 2.05) is 32.7 Å². The normalized spacial score (nSPS) is 27.8. The van der Waals surface area contributed by atoms with Gasteiger partial charge in [0.25, 0.3) is 0 Å². The van der Waals surface area contributed by atoms with Crippen molar-refractivity contribution in [2.45, 2.75) is 51.8 Å². The summed E-state index contributed by atoms with van der Waals surface area (Å²) in [6.07, 6.45) is 0.486. The molecule has 3 N–H and O–H groups in total. The van der Waals surface area contributed by atoms with Crippen LogP contribution in [0.15, 0.2) is 0 Å². The summed E-state index contributed by atoms with van der Waals surface area (Å²) in [5.74, 6) is 0. The highest BCUT2D eigenvalue weighted by Gasteiger charge is 2.30. The number of ether oxygens (including phenoxy) is 1. The minimum Gasteiger partial charge on any atom is -0.443 e. The number of rotatable bonds is 1. The van der Waals surface area contributed by atoms with Gasteiger partial charge in [0.1, 0.15) is 5.60 Å². The number of nitrogens with zero attached hydrogens (tertiary/aromatic N) is 1. The van der Waals surface area contributed by atoms with Crippen molar-refractivity contribution in [3.05, 3.63) is 0 Å². The van der Waals surface area contributed by atoms with Crippen molar-refractivity contribution >= 4 is 6.09 Å². The lowest BCUT2D eigenvalue weighted by atomic mass is 10.2. The van der Waals surface area contributed by atoms with E-state index >= 15 is 0 Å². The number of carbonyl (C=O) groups excluding carboxylic acids is 1. The molecule has 1 aliphatic rings. The van der Waals surface area contributed by atoms with Gasteiger partial charge >= 0.3 is 6.09 Å². The Labute approximate surface area is 90.9 Å². The Morgan fingerprint density at radius 1 is 1.53 bits per heavy atom. The fraction of sp³-hybridized carbons (Fsp3) is 0.900. The summed E-state index contributed by atoms with van der Waals surface area (Å²) in [4.78, 5) is 11.5.